The van der Waals surface area contributed by atoms with E-state index in [2.05, 4.69) is 24.4 Å². The quantitative estimate of drug-likeness (QED) is 0.908. The van der Waals surface area contributed by atoms with Gasteiger partial charge in [0.1, 0.15) is 0 Å². The standard InChI is InChI=1S/C19H28N2O2/c1-15-12-17(9-10-20-15)19(22)21(14-18-8-5-11-23-18)13-16-6-3-2-4-7-16/h2-4,6-7,15,17-18,20H,5,8-14H2,1H3/t15-,17-,18?/m0/s1. The van der Waals surface area contributed by atoms with Crippen LogP contribution in [0, 0.1) is 5.92 Å². The Morgan fingerprint density at radius 3 is 2.83 bits per heavy atom. The lowest BCUT2D eigenvalue weighted by Crippen LogP contribution is -2.45. The molecule has 1 N–H and O–H groups in total. The molecule has 0 saturated carbocycles. The summed E-state index contributed by atoms with van der Waals surface area (Å²) in [6.45, 7) is 5.37. The third-order valence-electron chi connectivity index (χ3n) is 4.95. The second-order valence-electron chi connectivity index (χ2n) is 6.92. The molecule has 4 heteroatoms. The molecule has 2 aliphatic heterocycles. The van der Waals surface area contributed by atoms with Gasteiger partial charge < -0.3 is 15.0 Å². The van der Waals surface area contributed by atoms with Gasteiger partial charge in [-0.05, 0) is 44.7 Å². The lowest BCUT2D eigenvalue weighted by atomic mass is 9.91. The van der Waals surface area contributed by atoms with Crippen molar-refractivity contribution in [3.8, 4) is 0 Å². The lowest BCUT2D eigenvalue weighted by Gasteiger charge is -2.33. The zero-order valence-electron chi connectivity index (χ0n) is 14.0. The first-order valence-corrected chi connectivity index (χ1v) is 8.90. The zero-order valence-corrected chi connectivity index (χ0v) is 14.0. The molecule has 2 saturated heterocycles. The maximum Gasteiger partial charge on any atom is 0.226 e. The Kier molecular flexibility index (Phi) is 5.68. The smallest absolute Gasteiger partial charge is 0.226 e. The average molecular weight is 316 g/mol. The van der Waals surface area contributed by atoms with Crippen LogP contribution in [-0.4, -0.2) is 42.6 Å². The molecule has 0 radical (unpaired) electrons. The van der Waals surface area contributed by atoms with E-state index < -0.39 is 0 Å². The molecule has 4 nitrogen and oxygen atoms in total. The molecule has 126 valence electrons. The van der Waals surface area contributed by atoms with Gasteiger partial charge in [0.2, 0.25) is 5.91 Å². The van der Waals surface area contributed by atoms with Crippen molar-refractivity contribution in [1.29, 1.82) is 0 Å². The van der Waals surface area contributed by atoms with Crippen molar-refractivity contribution in [2.75, 3.05) is 19.7 Å². The number of rotatable bonds is 5. The largest absolute Gasteiger partial charge is 0.376 e. The SMILES string of the molecule is C[C@H]1C[C@@H](C(=O)N(Cc2ccccc2)CC2CCCO2)CCN1. The molecule has 2 heterocycles. The summed E-state index contributed by atoms with van der Waals surface area (Å²) in [7, 11) is 0. The number of nitrogens with one attached hydrogen (secondary N) is 1. The van der Waals surface area contributed by atoms with Crippen LogP contribution in [0.25, 0.3) is 0 Å². The zero-order chi connectivity index (χ0) is 16.1. The van der Waals surface area contributed by atoms with Gasteiger partial charge in [-0.3, -0.25) is 4.79 Å². The topological polar surface area (TPSA) is 41.6 Å². The maximum atomic E-state index is 13.1. The van der Waals surface area contributed by atoms with Gasteiger partial charge in [0, 0.05) is 31.7 Å². The van der Waals surface area contributed by atoms with Crippen LogP contribution in [0.4, 0.5) is 0 Å². The van der Waals surface area contributed by atoms with Crippen LogP contribution in [0.1, 0.15) is 38.2 Å². The van der Waals surface area contributed by atoms with Gasteiger partial charge in [-0.15, -0.1) is 0 Å². The van der Waals surface area contributed by atoms with Gasteiger partial charge in [-0.25, -0.2) is 0 Å². The Morgan fingerprint density at radius 2 is 2.13 bits per heavy atom. The van der Waals surface area contributed by atoms with Crippen molar-refractivity contribution >= 4 is 5.91 Å². The predicted molar refractivity (Wildman–Crippen MR) is 91.0 cm³/mol. The number of hydrogen-bond acceptors (Lipinski definition) is 3. The van der Waals surface area contributed by atoms with E-state index in [1.165, 1.54) is 5.56 Å². The average Bonchev–Trinajstić information content (AvgIpc) is 3.08. The van der Waals surface area contributed by atoms with E-state index in [0.29, 0.717) is 18.5 Å². The van der Waals surface area contributed by atoms with Crippen molar-refractivity contribution in [3.63, 3.8) is 0 Å². The number of benzene rings is 1. The molecule has 23 heavy (non-hydrogen) atoms. The van der Waals surface area contributed by atoms with E-state index in [1.54, 1.807) is 0 Å². The number of piperidine rings is 1. The van der Waals surface area contributed by atoms with Gasteiger partial charge in [0.05, 0.1) is 6.10 Å². The summed E-state index contributed by atoms with van der Waals surface area (Å²) in [6.07, 6.45) is 4.28. The van der Waals surface area contributed by atoms with Crippen LogP contribution in [0.2, 0.25) is 0 Å². The van der Waals surface area contributed by atoms with Gasteiger partial charge in [-0.2, -0.15) is 0 Å². The first kappa shape index (κ1) is 16.5. The van der Waals surface area contributed by atoms with Crippen molar-refractivity contribution in [1.82, 2.24) is 10.2 Å². The van der Waals surface area contributed by atoms with E-state index in [4.69, 9.17) is 4.74 Å². The second-order valence-corrected chi connectivity index (χ2v) is 6.92. The molecular formula is C19H28N2O2. The summed E-state index contributed by atoms with van der Waals surface area (Å²) in [5.41, 5.74) is 1.20. The fourth-order valence-corrected chi connectivity index (χ4v) is 3.68. The lowest BCUT2D eigenvalue weighted by molar-refractivity contribution is -0.139. The summed E-state index contributed by atoms with van der Waals surface area (Å²) < 4.78 is 5.77. The minimum Gasteiger partial charge on any atom is -0.376 e. The molecule has 0 aliphatic carbocycles. The number of ether oxygens (including phenoxy) is 1. The van der Waals surface area contributed by atoms with Crippen LogP contribution in [0.3, 0.4) is 0 Å². The summed E-state index contributed by atoms with van der Waals surface area (Å²) in [4.78, 5) is 15.1. The Bertz CT molecular complexity index is 499. The molecule has 2 fully saturated rings. The first-order valence-electron chi connectivity index (χ1n) is 8.90. The minimum atomic E-state index is 0.149. The number of carbonyl (C=O) groups is 1. The predicted octanol–water partition coefficient (Wildman–Crippen LogP) is 2.58. The summed E-state index contributed by atoms with van der Waals surface area (Å²) in [5, 5.41) is 3.43. The van der Waals surface area contributed by atoms with Gasteiger partial charge in [0.15, 0.2) is 0 Å². The highest BCUT2D eigenvalue weighted by molar-refractivity contribution is 5.79. The Morgan fingerprint density at radius 1 is 1.30 bits per heavy atom. The fourth-order valence-electron chi connectivity index (χ4n) is 3.68. The number of nitrogens with zero attached hydrogens (tertiary/aromatic N) is 1. The van der Waals surface area contributed by atoms with E-state index >= 15 is 0 Å². The molecule has 1 unspecified atom stereocenters. The molecule has 3 rings (SSSR count). The summed E-state index contributed by atoms with van der Waals surface area (Å²) in [5.74, 6) is 0.453. The fraction of sp³-hybridized carbons (Fsp3) is 0.632. The van der Waals surface area contributed by atoms with E-state index in [-0.39, 0.29) is 12.0 Å². The molecule has 1 aromatic rings. The first-order chi connectivity index (χ1) is 11.2. The molecular weight excluding hydrogens is 288 g/mol. The van der Waals surface area contributed by atoms with Crippen molar-refractivity contribution in [2.45, 2.75) is 51.3 Å². The molecule has 0 bridgehead atoms. The van der Waals surface area contributed by atoms with Crippen LogP contribution in [-0.2, 0) is 16.1 Å². The van der Waals surface area contributed by atoms with Crippen LogP contribution in [0.15, 0.2) is 30.3 Å². The summed E-state index contributed by atoms with van der Waals surface area (Å²) in [6, 6.07) is 10.7. The third kappa shape index (κ3) is 4.55. The van der Waals surface area contributed by atoms with Gasteiger partial charge in [0.25, 0.3) is 0 Å². The van der Waals surface area contributed by atoms with Crippen molar-refractivity contribution < 1.29 is 9.53 Å². The highest BCUT2D eigenvalue weighted by atomic mass is 16.5. The van der Waals surface area contributed by atoms with E-state index in [1.807, 2.05) is 23.1 Å². The van der Waals surface area contributed by atoms with E-state index in [9.17, 15) is 4.79 Å². The molecule has 1 amide bonds. The van der Waals surface area contributed by atoms with Gasteiger partial charge in [-0.1, -0.05) is 30.3 Å². The number of hydrogen-bond donors (Lipinski definition) is 1. The van der Waals surface area contributed by atoms with Crippen LogP contribution >= 0.6 is 0 Å². The molecule has 3 atom stereocenters. The summed E-state index contributed by atoms with van der Waals surface area (Å²) >= 11 is 0. The molecule has 0 aromatic heterocycles. The second kappa shape index (κ2) is 7.93. The molecule has 2 aliphatic rings. The highest BCUT2D eigenvalue weighted by Crippen LogP contribution is 2.22. The highest BCUT2D eigenvalue weighted by Gasteiger charge is 2.30. The Labute approximate surface area is 139 Å². The number of carbonyl (C=O) groups excluding carboxylic acids is 1. The van der Waals surface area contributed by atoms with E-state index in [0.717, 1.165) is 45.4 Å². The normalized spacial score (nSPS) is 27.8. The van der Waals surface area contributed by atoms with Crippen molar-refractivity contribution in [3.05, 3.63) is 35.9 Å². The molecule has 1 aromatic carbocycles. The Hall–Kier alpha value is -1.39. The third-order valence-corrected chi connectivity index (χ3v) is 4.95. The van der Waals surface area contributed by atoms with Gasteiger partial charge >= 0.3 is 0 Å². The monoisotopic (exact) mass is 316 g/mol. The minimum absolute atomic E-state index is 0.149. The molecule has 0 spiro atoms. The maximum absolute atomic E-state index is 13.1. The van der Waals surface area contributed by atoms with Crippen LogP contribution < -0.4 is 5.32 Å². The number of amides is 1. The van der Waals surface area contributed by atoms with Crippen LogP contribution in [0.5, 0.6) is 0 Å². The van der Waals surface area contributed by atoms with Crippen molar-refractivity contribution in [2.24, 2.45) is 5.92 Å². The Balaban J connectivity index is 1.69.